The van der Waals surface area contributed by atoms with Crippen molar-refractivity contribution in [1.29, 1.82) is 0 Å². The standard InChI is InChI=1S/C21H16Cl2N4OS/c1-13-7-8-15(11-16(13)22)27-21(28)18(23)17(12-25-27)26-19(20-24-9-10-29-20)14-5-3-2-4-6-14/h2-12,19,26H,1H3. The van der Waals surface area contributed by atoms with Gasteiger partial charge in [0.1, 0.15) is 16.1 Å². The number of nitrogens with zero attached hydrogens (tertiary/aromatic N) is 3. The molecule has 0 aliphatic heterocycles. The molecule has 2 aromatic heterocycles. The van der Waals surface area contributed by atoms with Crippen LogP contribution in [0.2, 0.25) is 10.0 Å². The van der Waals surface area contributed by atoms with E-state index in [-0.39, 0.29) is 11.1 Å². The van der Waals surface area contributed by atoms with Crippen molar-refractivity contribution in [2.24, 2.45) is 0 Å². The van der Waals surface area contributed by atoms with E-state index in [0.717, 1.165) is 16.1 Å². The maximum Gasteiger partial charge on any atom is 0.292 e. The second kappa shape index (κ2) is 8.37. The number of nitrogens with one attached hydrogen (secondary N) is 1. The van der Waals surface area contributed by atoms with E-state index < -0.39 is 5.56 Å². The van der Waals surface area contributed by atoms with Crippen molar-refractivity contribution in [2.75, 3.05) is 5.32 Å². The first-order chi connectivity index (χ1) is 14.0. The first-order valence-corrected chi connectivity index (χ1v) is 10.4. The lowest BCUT2D eigenvalue weighted by atomic mass is 10.1. The van der Waals surface area contributed by atoms with E-state index in [1.807, 2.05) is 48.7 Å². The molecule has 2 heterocycles. The topological polar surface area (TPSA) is 59.8 Å². The van der Waals surface area contributed by atoms with Gasteiger partial charge in [0, 0.05) is 16.6 Å². The molecule has 29 heavy (non-hydrogen) atoms. The van der Waals surface area contributed by atoms with Crippen molar-refractivity contribution in [2.45, 2.75) is 13.0 Å². The number of halogens is 2. The van der Waals surface area contributed by atoms with Crippen LogP contribution in [0.1, 0.15) is 22.2 Å². The normalized spacial score (nSPS) is 12.0. The maximum absolute atomic E-state index is 12.9. The summed E-state index contributed by atoms with van der Waals surface area (Å²) < 4.78 is 1.24. The van der Waals surface area contributed by atoms with Gasteiger partial charge in [0.15, 0.2) is 0 Å². The molecule has 0 saturated carbocycles. The van der Waals surface area contributed by atoms with Crippen LogP contribution >= 0.6 is 34.5 Å². The summed E-state index contributed by atoms with van der Waals surface area (Å²) in [6.07, 6.45) is 3.29. The average molecular weight is 443 g/mol. The largest absolute Gasteiger partial charge is 0.369 e. The molecular formula is C21H16Cl2N4OS. The number of thiazole rings is 1. The van der Waals surface area contributed by atoms with Crippen molar-refractivity contribution in [3.05, 3.63) is 103 Å². The van der Waals surface area contributed by atoms with Gasteiger partial charge in [0.25, 0.3) is 5.56 Å². The molecule has 0 fully saturated rings. The van der Waals surface area contributed by atoms with Gasteiger partial charge in [-0.3, -0.25) is 4.79 Å². The Labute approximate surface area is 181 Å². The predicted molar refractivity (Wildman–Crippen MR) is 119 cm³/mol. The smallest absolute Gasteiger partial charge is 0.292 e. The van der Waals surface area contributed by atoms with Gasteiger partial charge < -0.3 is 5.32 Å². The monoisotopic (exact) mass is 442 g/mol. The Morgan fingerprint density at radius 1 is 1.14 bits per heavy atom. The summed E-state index contributed by atoms with van der Waals surface area (Å²) in [5.41, 5.74) is 2.49. The molecule has 4 aromatic rings. The summed E-state index contributed by atoms with van der Waals surface area (Å²) >= 11 is 14.1. The molecule has 0 amide bonds. The quantitative estimate of drug-likeness (QED) is 0.442. The zero-order valence-corrected chi connectivity index (χ0v) is 17.7. The van der Waals surface area contributed by atoms with E-state index in [2.05, 4.69) is 15.4 Å². The van der Waals surface area contributed by atoms with E-state index in [1.54, 1.807) is 24.5 Å². The van der Waals surface area contributed by atoms with Gasteiger partial charge in [-0.25, -0.2) is 4.98 Å². The van der Waals surface area contributed by atoms with E-state index in [9.17, 15) is 4.79 Å². The van der Waals surface area contributed by atoms with Gasteiger partial charge in [0.05, 0.1) is 17.6 Å². The Balaban J connectivity index is 1.72. The first-order valence-electron chi connectivity index (χ1n) is 8.80. The van der Waals surface area contributed by atoms with E-state index in [1.165, 1.54) is 16.0 Å². The molecule has 1 unspecified atom stereocenters. The number of aryl methyl sites for hydroxylation is 1. The van der Waals surface area contributed by atoms with Crippen LogP contribution in [-0.4, -0.2) is 14.8 Å². The van der Waals surface area contributed by atoms with Crippen LogP contribution in [0.5, 0.6) is 0 Å². The van der Waals surface area contributed by atoms with E-state index in [4.69, 9.17) is 23.2 Å². The van der Waals surface area contributed by atoms with Crippen LogP contribution in [0.15, 0.2) is 71.1 Å². The Bertz CT molecular complexity index is 1190. The van der Waals surface area contributed by atoms with Gasteiger partial charge in [-0.1, -0.05) is 59.6 Å². The molecular weight excluding hydrogens is 427 g/mol. The van der Waals surface area contributed by atoms with Crippen LogP contribution in [0.4, 0.5) is 5.69 Å². The average Bonchev–Trinajstić information content (AvgIpc) is 3.26. The molecule has 0 spiro atoms. The van der Waals surface area contributed by atoms with Gasteiger partial charge in [-0.15, -0.1) is 11.3 Å². The van der Waals surface area contributed by atoms with Crippen LogP contribution in [0.3, 0.4) is 0 Å². The molecule has 1 N–H and O–H groups in total. The highest BCUT2D eigenvalue weighted by atomic mass is 35.5. The molecule has 0 aliphatic rings. The minimum atomic E-state index is -0.428. The number of hydrogen-bond acceptors (Lipinski definition) is 5. The van der Waals surface area contributed by atoms with Crippen LogP contribution in [0, 0.1) is 6.92 Å². The fraction of sp³-hybridized carbons (Fsp3) is 0.0952. The molecule has 5 nitrogen and oxygen atoms in total. The van der Waals surface area contributed by atoms with E-state index >= 15 is 0 Å². The van der Waals surface area contributed by atoms with Gasteiger partial charge in [-0.2, -0.15) is 9.78 Å². The third-order valence-electron chi connectivity index (χ3n) is 4.45. The number of anilines is 1. The van der Waals surface area contributed by atoms with Crippen molar-refractivity contribution in [3.63, 3.8) is 0 Å². The van der Waals surface area contributed by atoms with Crippen molar-refractivity contribution < 1.29 is 0 Å². The zero-order valence-electron chi connectivity index (χ0n) is 15.3. The maximum atomic E-state index is 12.9. The lowest BCUT2D eigenvalue weighted by Gasteiger charge is -2.19. The highest BCUT2D eigenvalue weighted by molar-refractivity contribution is 7.09. The summed E-state index contributed by atoms with van der Waals surface area (Å²) in [5.74, 6) is 0. The lowest BCUT2D eigenvalue weighted by Crippen LogP contribution is -2.24. The fourth-order valence-corrected chi connectivity index (χ4v) is 3.97. The summed E-state index contributed by atoms with van der Waals surface area (Å²) in [6, 6.07) is 14.9. The molecule has 146 valence electrons. The second-order valence-corrected chi connectivity index (χ2v) is 8.09. The number of hydrogen-bond donors (Lipinski definition) is 1. The summed E-state index contributed by atoms with van der Waals surface area (Å²) in [5, 5.41) is 11.0. The molecule has 0 radical (unpaired) electrons. The highest BCUT2D eigenvalue weighted by Crippen LogP contribution is 2.30. The molecule has 0 aliphatic carbocycles. The van der Waals surface area contributed by atoms with E-state index in [0.29, 0.717) is 16.4 Å². The van der Waals surface area contributed by atoms with Gasteiger partial charge in [-0.05, 0) is 30.2 Å². The fourth-order valence-electron chi connectivity index (χ4n) is 2.90. The zero-order chi connectivity index (χ0) is 20.4. The number of benzene rings is 2. The molecule has 0 bridgehead atoms. The van der Waals surface area contributed by atoms with Gasteiger partial charge >= 0.3 is 0 Å². The first kappa shape index (κ1) is 19.6. The van der Waals surface area contributed by atoms with Crippen LogP contribution in [0.25, 0.3) is 5.69 Å². The van der Waals surface area contributed by atoms with Crippen LogP contribution in [-0.2, 0) is 0 Å². The van der Waals surface area contributed by atoms with Gasteiger partial charge in [0.2, 0.25) is 0 Å². The molecule has 4 rings (SSSR count). The van der Waals surface area contributed by atoms with Crippen molar-refractivity contribution >= 4 is 40.2 Å². The highest BCUT2D eigenvalue weighted by Gasteiger charge is 2.20. The van der Waals surface area contributed by atoms with Crippen LogP contribution < -0.4 is 10.9 Å². The molecule has 0 saturated heterocycles. The Morgan fingerprint density at radius 2 is 1.93 bits per heavy atom. The lowest BCUT2D eigenvalue weighted by molar-refractivity contribution is 0.802. The van der Waals surface area contributed by atoms with Crippen molar-refractivity contribution in [1.82, 2.24) is 14.8 Å². The molecule has 2 aromatic carbocycles. The number of rotatable bonds is 5. The third kappa shape index (κ3) is 4.05. The Hall–Kier alpha value is -2.67. The Morgan fingerprint density at radius 3 is 2.62 bits per heavy atom. The second-order valence-electron chi connectivity index (χ2n) is 6.38. The molecule has 1 atom stereocenters. The van der Waals surface area contributed by atoms with Crippen molar-refractivity contribution in [3.8, 4) is 5.69 Å². The Kier molecular flexibility index (Phi) is 5.67. The number of aromatic nitrogens is 3. The summed E-state index contributed by atoms with van der Waals surface area (Å²) in [4.78, 5) is 17.3. The SMILES string of the molecule is Cc1ccc(-n2ncc(NC(c3ccccc3)c3nccs3)c(Cl)c2=O)cc1Cl. The molecule has 8 heteroatoms. The summed E-state index contributed by atoms with van der Waals surface area (Å²) in [6.45, 7) is 1.89. The third-order valence-corrected chi connectivity index (χ3v) is 6.06. The minimum absolute atomic E-state index is 0.0502. The predicted octanol–water partition coefficient (Wildman–Crippen LogP) is 5.51. The minimum Gasteiger partial charge on any atom is -0.369 e. The summed E-state index contributed by atoms with van der Waals surface area (Å²) in [7, 11) is 0.